The van der Waals surface area contributed by atoms with Crippen molar-refractivity contribution in [3.05, 3.63) is 59.4 Å². The molecule has 1 aromatic carbocycles. The van der Waals surface area contributed by atoms with Gasteiger partial charge in [-0.05, 0) is 37.3 Å². The molecule has 1 amide bonds. The number of nitrogens with zero attached hydrogens (tertiary/aromatic N) is 2. The van der Waals surface area contributed by atoms with E-state index in [1.54, 1.807) is 14.0 Å². The predicted molar refractivity (Wildman–Crippen MR) is 105 cm³/mol. The number of aromatic nitrogens is 1. The third kappa shape index (κ3) is 3.85. The number of hydrogen-bond donors (Lipinski definition) is 2. The van der Waals surface area contributed by atoms with Gasteiger partial charge in [0.25, 0.3) is 5.91 Å². The standard InChI is InChI=1S/C19H20F2N4O2S/c1-10-16(27-3)19(2,25-18(22)28-10)13-8-12(5-6-14(13)21)24-17(26)15-7-4-11(20)9-23-15/h4-10,16H,1-3H3,(H2,22,25)(H,24,26)/t10-,16+,19-/m1/s1. The van der Waals surface area contributed by atoms with E-state index in [2.05, 4.69) is 15.3 Å². The maximum atomic E-state index is 14.7. The van der Waals surface area contributed by atoms with Crippen LogP contribution in [0.1, 0.15) is 29.9 Å². The zero-order chi connectivity index (χ0) is 20.5. The minimum absolute atomic E-state index is 0.0400. The van der Waals surface area contributed by atoms with E-state index in [4.69, 9.17) is 10.5 Å². The molecule has 2 heterocycles. The highest BCUT2D eigenvalue weighted by Gasteiger charge is 2.45. The van der Waals surface area contributed by atoms with Crippen LogP contribution in [0.15, 0.2) is 41.5 Å². The summed E-state index contributed by atoms with van der Waals surface area (Å²) in [5.41, 5.74) is 5.51. The largest absolute Gasteiger partial charge is 0.379 e. The number of hydrogen-bond acceptors (Lipinski definition) is 6. The maximum Gasteiger partial charge on any atom is 0.274 e. The summed E-state index contributed by atoms with van der Waals surface area (Å²) in [5, 5.41) is 2.93. The molecule has 0 unspecified atom stereocenters. The lowest BCUT2D eigenvalue weighted by Crippen LogP contribution is -2.48. The molecule has 1 aliphatic rings. The first kappa shape index (κ1) is 20.2. The molecule has 3 atom stereocenters. The Kier molecular flexibility index (Phi) is 5.66. The number of amidine groups is 1. The van der Waals surface area contributed by atoms with Crippen LogP contribution in [0.5, 0.6) is 0 Å². The van der Waals surface area contributed by atoms with Crippen molar-refractivity contribution < 1.29 is 18.3 Å². The van der Waals surface area contributed by atoms with Crippen LogP contribution in [0, 0.1) is 11.6 Å². The van der Waals surface area contributed by atoms with Crippen LogP contribution in [0.2, 0.25) is 0 Å². The summed E-state index contributed by atoms with van der Waals surface area (Å²) in [4.78, 5) is 20.5. The number of carbonyl (C=O) groups is 1. The number of ether oxygens (including phenoxy) is 1. The first-order valence-corrected chi connectivity index (χ1v) is 9.40. The highest BCUT2D eigenvalue weighted by atomic mass is 32.2. The Morgan fingerprint density at radius 1 is 1.32 bits per heavy atom. The lowest BCUT2D eigenvalue weighted by atomic mass is 9.84. The van der Waals surface area contributed by atoms with Crippen molar-refractivity contribution in [2.75, 3.05) is 12.4 Å². The van der Waals surface area contributed by atoms with Crippen molar-refractivity contribution in [1.82, 2.24) is 4.98 Å². The van der Waals surface area contributed by atoms with E-state index in [9.17, 15) is 13.6 Å². The number of benzene rings is 1. The number of anilines is 1. The van der Waals surface area contributed by atoms with Crippen LogP contribution < -0.4 is 11.1 Å². The van der Waals surface area contributed by atoms with Gasteiger partial charge < -0.3 is 15.8 Å². The fraction of sp³-hybridized carbons (Fsp3) is 0.316. The average Bonchev–Trinajstić information content (AvgIpc) is 2.63. The zero-order valence-corrected chi connectivity index (χ0v) is 16.4. The SMILES string of the molecule is CO[C@H]1[C@@H](C)SC(N)=N[C@]1(C)c1cc(NC(=O)c2ccc(F)cn2)ccc1F. The molecule has 6 nitrogen and oxygen atoms in total. The number of rotatable bonds is 4. The number of methoxy groups -OCH3 is 1. The third-order valence-electron chi connectivity index (χ3n) is 4.61. The number of nitrogens with two attached hydrogens (primary N) is 1. The summed E-state index contributed by atoms with van der Waals surface area (Å²) in [6.45, 7) is 3.68. The van der Waals surface area contributed by atoms with Crippen LogP contribution in [-0.4, -0.2) is 34.5 Å². The Hall–Kier alpha value is -2.52. The number of halogens is 2. The molecule has 0 radical (unpaired) electrons. The van der Waals surface area contributed by atoms with Crippen molar-refractivity contribution in [2.45, 2.75) is 30.7 Å². The Morgan fingerprint density at radius 2 is 2.07 bits per heavy atom. The topological polar surface area (TPSA) is 89.6 Å². The third-order valence-corrected chi connectivity index (χ3v) is 5.56. The molecule has 0 saturated heterocycles. The summed E-state index contributed by atoms with van der Waals surface area (Å²) in [5.74, 6) is -1.57. The molecule has 0 spiro atoms. The van der Waals surface area contributed by atoms with Crippen LogP contribution in [0.3, 0.4) is 0 Å². The van der Waals surface area contributed by atoms with Gasteiger partial charge >= 0.3 is 0 Å². The summed E-state index contributed by atoms with van der Waals surface area (Å²) in [7, 11) is 1.54. The molecule has 0 fully saturated rings. The van der Waals surface area contributed by atoms with Gasteiger partial charge in [0.2, 0.25) is 0 Å². The van der Waals surface area contributed by atoms with Gasteiger partial charge in [0.15, 0.2) is 5.17 Å². The van der Waals surface area contributed by atoms with Gasteiger partial charge in [-0.2, -0.15) is 0 Å². The molecule has 28 heavy (non-hydrogen) atoms. The molecule has 0 saturated carbocycles. The van der Waals surface area contributed by atoms with Crippen molar-refractivity contribution in [3.8, 4) is 0 Å². The predicted octanol–water partition coefficient (Wildman–Crippen LogP) is 3.29. The first-order valence-electron chi connectivity index (χ1n) is 8.52. The lowest BCUT2D eigenvalue weighted by molar-refractivity contribution is 0.0407. The molecule has 1 aliphatic heterocycles. The molecule has 2 aromatic rings. The van der Waals surface area contributed by atoms with E-state index in [1.807, 2.05) is 6.92 Å². The van der Waals surface area contributed by atoms with Crippen LogP contribution >= 0.6 is 11.8 Å². The smallest absolute Gasteiger partial charge is 0.274 e. The molecular weight excluding hydrogens is 386 g/mol. The minimum Gasteiger partial charge on any atom is -0.379 e. The Balaban J connectivity index is 1.96. The normalized spacial score (nSPS) is 24.5. The molecular formula is C19H20F2N4O2S. The number of carbonyl (C=O) groups excluding carboxylic acids is 1. The van der Waals surface area contributed by atoms with Gasteiger partial charge in [-0.25, -0.2) is 18.8 Å². The number of aliphatic imine (C=N–C) groups is 1. The summed E-state index contributed by atoms with van der Waals surface area (Å²) in [6.07, 6.45) is 0.525. The minimum atomic E-state index is -1.07. The van der Waals surface area contributed by atoms with Gasteiger partial charge in [0, 0.05) is 23.6 Å². The van der Waals surface area contributed by atoms with E-state index < -0.39 is 29.2 Å². The highest BCUT2D eigenvalue weighted by molar-refractivity contribution is 8.14. The number of pyridine rings is 1. The van der Waals surface area contributed by atoms with Crippen molar-refractivity contribution >= 4 is 28.5 Å². The second kappa shape index (κ2) is 7.84. The monoisotopic (exact) mass is 406 g/mol. The molecule has 1 aromatic heterocycles. The molecule has 9 heteroatoms. The number of amides is 1. The lowest BCUT2D eigenvalue weighted by Gasteiger charge is -2.40. The van der Waals surface area contributed by atoms with Crippen molar-refractivity contribution in [3.63, 3.8) is 0 Å². The van der Waals surface area contributed by atoms with Crippen molar-refractivity contribution in [2.24, 2.45) is 10.7 Å². The summed E-state index contributed by atoms with van der Waals surface area (Å²) in [6, 6.07) is 6.59. The van der Waals surface area contributed by atoms with E-state index in [-0.39, 0.29) is 16.5 Å². The van der Waals surface area contributed by atoms with E-state index in [0.717, 1.165) is 12.3 Å². The fourth-order valence-corrected chi connectivity index (χ4v) is 4.48. The second-order valence-electron chi connectivity index (χ2n) is 6.59. The molecule has 0 aliphatic carbocycles. The van der Waals surface area contributed by atoms with Crippen LogP contribution in [0.4, 0.5) is 14.5 Å². The van der Waals surface area contributed by atoms with Crippen LogP contribution in [-0.2, 0) is 10.3 Å². The van der Waals surface area contributed by atoms with E-state index >= 15 is 0 Å². The molecule has 0 bridgehead atoms. The second-order valence-corrected chi connectivity index (χ2v) is 7.98. The quantitative estimate of drug-likeness (QED) is 0.813. The van der Waals surface area contributed by atoms with Gasteiger partial charge in [0.1, 0.15) is 22.9 Å². The van der Waals surface area contributed by atoms with E-state index in [1.165, 1.54) is 36.0 Å². The number of nitrogens with one attached hydrogen (secondary N) is 1. The Morgan fingerprint density at radius 3 is 2.71 bits per heavy atom. The molecule has 3 N–H and O–H groups in total. The Bertz CT molecular complexity index is 923. The van der Waals surface area contributed by atoms with Gasteiger partial charge in [0.05, 0.1) is 12.3 Å². The average molecular weight is 406 g/mol. The summed E-state index contributed by atoms with van der Waals surface area (Å²) >= 11 is 1.36. The van der Waals surface area contributed by atoms with E-state index in [0.29, 0.717) is 10.9 Å². The molecule has 148 valence electrons. The van der Waals surface area contributed by atoms with Gasteiger partial charge in [-0.3, -0.25) is 4.79 Å². The fourth-order valence-electron chi connectivity index (χ4n) is 3.36. The molecule has 3 rings (SSSR count). The van der Waals surface area contributed by atoms with Crippen molar-refractivity contribution in [1.29, 1.82) is 0 Å². The van der Waals surface area contributed by atoms with Crippen LogP contribution in [0.25, 0.3) is 0 Å². The van der Waals surface area contributed by atoms with Gasteiger partial charge in [-0.15, -0.1) is 0 Å². The Labute approximate surface area is 165 Å². The highest BCUT2D eigenvalue weighted by Crippen LogP contribution is 2.42. The van der Waals surface area contributed by atoms with Gasteiger partial charge in [-0.1, -0.05) is 18.7 Å². The zero-order valence-electron chi connectivity index (χ0n) is 15.6. The first-order chi connectivity index (χ1) is 13.2. The summed E-state index contributed by atoms with van der Waals surface area (Å²) < 4.78 is 33.3. The number of thioether (sulfide) groups is 1. The maximum absolute atomic E-state index is 14.7.